The molecule has 2 aliphatic rings. The van der Waals surface area contributed by atoms with Crippen molar-refractivity contribution >= 4 is 5.91 Å². The second-order valence-electron chi connectivity index (χ2n) is 6.27. The van der Waals surface area contributed by atoms with E-state index in [1.54, 1.807) is 0 Å². The number of carbonyl (C=O) groups excluding carboxylic acids is 1. The molecule has 1 amide bonds. The molecule has 1 heterocycles. The summed E-state index contributed by atoms with van der Waals surface area (Å²) in [4.78, 5) is 16.4. The summed E-state index contributed by atoms with van der Waals surface area (Å²) in [5.41, 5.74) is 5.68. The molecule has 0 aromatic rings. The lowest BCUT2D eigenvalue weighted by Crippen LogP contribution is -2.50. The first kappa shape index (κ1) is 15.7. The molecule has 116 valence electrons. The standard InChI is InChI=1S/C15H29N3O2/c1-17-8-10-18(11-9-17)14(19)12-20-15(13-16)6-4-2-3-5-7-15/h2-13,16H2,1H3. The van der Waals surface area contributed by atoms with E-state index in [1.165, 1.54) is 25.7 Å². The number of nitrogens with two attached hydrogens (primary N) is 1. The van der Waals surface area contributed by atoms with Crippen LogP contribution in [0.4, 0.5) is 0 Å². The zero-order valence-corrected chi connectivity index (χ0v) is 12.8. The van der Waals surface area contributed by atoms with Gasteiger partial charge in [0, 0.05) is 32.7 Å². The molecular weight excluding hydrogens is 254 g/mol. The number of ether oxygens (including phenoxy) is 1. The maximum Gasteiger partial charge on any atom is 0.248 e. The number of carbonyl (C=O) groups is 1. The van der Waals surface area contributed by atoms with E-state index in [2.05, 4.69) is 11.9 Å². The molecule has 0 atom stereocenters. The molecule has 0 aromatic carbocycles. The summed E-state index contributed by atoms with van der Waals surface area (Å²) >= 11 is 0. The van der Waals surface area contributed by atoms with Gasteiger partial charge >= 0.3 is 0 Å². The van der Waals surface area contributed by atoms with Gasteiger partial charge in [-0.2, -0.15) is 0 Å². The van der Waals surface area contributed by atoms with Crippen LogP contribution in [0.5, 0.6) is 0 Å². The van der Waals surface area contributed by atoms with Crippen molar-refractivity contribution in [1.29, 1.82) is 0 Å². The third-order valence-electron chi connectivity index (χ3n) is 4.74. The number of nitrogens with zero attached hydrogens (tertiary/aromatic N) is 2. The molecule has 2 N–H and O–H groups in total. The number of piperazine rings is 1. The zero-order valence-electron chi connectivity index (χ0n) is 12.8. The smallest absolute Gasteiger partial charge is 0.248 e. The molecule has 0 aromatic heterocycles. The van der Waals surface area contributed by atoms with Gasteiger partial charge in [-0.15, -0.1) is 0 Å². The molecule has 1 saturated carbocycles. The van der Waals surface area contributed by atoms with E-state index in [0.29, 0.717) is 6.54 Å². The average molecular weight is 283 g/mol. The molecule has 5 nitrogen and oxygen atoms in total. The lowest BCUT2D eigenvalue weighted by molar-refractivity contribution is -0.145. The molecule has 20 heavy (non-hydrogen) atoms. The van der Waals surface area contributed by atoms with E-state index in [1.807, 2.05) is 4.90 Å². The minimum atomic E-state index is -0.251. The Morgan fingerprint density at radius 3 is 2.25 bits per heavy atom. The minimum Gasteiger partial charge on any atom is -0.364 e. The van der Waals surface area contributed by atoms with Crippen LogP contribution in [0, 0.1) is 0 Å². The van der Waals surface area contributed by atoms with Crippen LogP contribution < -0.4 is 5.73 Å². The highest BCUT2D eigenvalue weighted by Crippen LogP contribution is 2.29. The Bertz CT molecular complexity index is 306. The van der Waals surface area contributed by atoms with Crippen molar-refractivity contribution < 1.29 is 9.53 Å². The van der Waals surface area contributed by atoms with Crippen molar-refractivity contribution in [2.75, 3.05) is 46.4 Å². The number of hydrogen-bond donors (Lipinski definition) is 1. The van der Waals surface area contributed by atoms with E-state index in [0.717, 1.165) is 39.0 Å². The molecule has 0 unspecified atom stereocenters. The van der Waals surface area contributed by atoms with Gasteiger partial charge in [0.1, 0.15) is 6.61 Å². The fourth-order valence-electron chi connectivity index (χ4n) is 3.14. The van der Waals surface area contributed by atoms with Gasteiger partial charge in [0.2, 0.25) is 5.91 Å². The maximum atomic E-state index is 12.2. The monoisotopic (exact) mass is 283 g/mol. The molecule has 1 aliphatic carbocycles. The molecule has 5 heteroatoms. The normalized spacial score (nSPS) is 24.4. The van der Waals surface area contributed by atoms with Gasteiger partial charge in [0.25, 0.3) is 0 Å². The highest BCUT2D eigenvalue weighted by atomic mass is 16.5. The van der Waals surface area contributed by atoms with Crippen molar-refractivity contribution in [2.24, 2.45) is 5.73 Å². The summed E-state index contributed by atoms with van der Waals surface area (Å²) in [5.74, 6) is 0.121. The van der Waals surface area contributed by atoms with Crippen molar-refractivity contribution in [2.45, 2.75) is 44.1 Å². The summed E-state index contributed by atoms with van der Waals surface area (Å²) < 4.78 is 6.01. The topological polar surface area (TPSA) is 58.8 Å². The maximum absolute atomic E-state index is 12.2. The third kappa shape index (κ3) is 4.17. The van der Waals surface area contributed by atoms with E-state index >= 15 is 0 Å². The van der Waals surface area contributed by atoms with E-state index in [9.17, 15) is 4.79 Å². The van der Waals surface area contributed by atoms with Crippen LogP contribution in [0.15, 0.2) is 0 Å². The lowest BCUT2D eigenvalue weighted by atomic mass is 9.94. The summed E-state index contributed by atoms with van der Waals surface area (Å²) in [7, 11) is 2.09. The molecule has 0 radical (unpaired) electrons. The van der Waals surface area contributed by atoms with Gasteiger partial charge in [-0.25, -0.2) is 0 Å². The third-order valence-corrected chi connectivity index (χ3v) is 4.74. The van der Waals surface area contributed by atoms with E-state index in [4.69, 9.17) is 10.5 Å². The number of amides is 1. The van der Waals surface area contributed by atoms with Crippen LogP contribution >= 0.6 is 0 Å². The Balaban J connectivity index is 1.81. The second kappa shape index (κ2) is 7.38. The van der Waals surface area contributed by atoms with Gasteiger partial charge in [-0.05, 0) is 19.9 Å². The summed E-state index contributed by atoms with van der Waals surface area (Å²) in [6.45, 7) is 4.26. The fourth-order valence-corrected chi connectivity index (χ4v) is 3.14. The summed E-state index contributed by atoms with van der Waals surface area (Å²) in [5, 5.41) is 0. The zero-order chi connectivity index (χ0) is 14.4. The Kier molecular flexibility index (Phi) is 5.81. The summed E-state index contributed by atoms with van der Waals surface area (Å²) in [6.07, 6.45) is 6.86. The first-order valence-electron chi connectivity index (χ1n) is 7.96. The Labute approximate surface area is 122 Å². The molecule has 1 saturated heterocycles. The van der Waals surface area contributed by atoms with Crippen molar-refractivity contribution in [3.8, 4) is 0 Å². The predicted octanol–water partition coefficient (Wildman–Crippen LogP) is 0.829. The lowest BCUT2D eigenvalue weighted by Gasteiger charge is -2.35. The van der Waals surface area contributed by atoms with Crippen LogP contribution in [0.2, 0.25) is 0 Å². The Morgan fingerprint density at radius 1 is 1.10 bits per heavy atom. The number of likely N-dealkylation sites (N-methyl/N-ethyl adjacent to an activating group) is 1. The van der Waals surface area contributed by atoms with Gasteiger partial charge in [0.15, 0.2) is 0 Å². The van der Waals surface area contributed by atoms with Crippen LogP contribution in [0.1, 0.15) is 38.5 Å². The van der Waals surface area contributed by atoms with Gasteiger partial charge in [0.05, 0.1) is 5.60 Å². The predicted molar refractivity (Wildman–Crippen MR) is 79.5 cm³/mol. The van der Waals surface area contributed by atoms with Crippen molar-refractivity contribution in [3.63, 3.8) is 0 Å². The Hall–Kier alpha value is -0.650. The average Bonchev–Trinajstić information content (AvgIpc) is 2.72. The summed E-state index contributed by atoms with van der Waals surface area (Å²) in [6, 6.07) is 0. The SMILES string of the molecule is CN1CCN(C(=O)COC2(CN)CCCCCC2)CC1. The highest BCUT2D eigenvalue weighted by Gasteiger charge is 2.32. The van der Waals surface area contributed by atoms with Crippen LogP contribution in [-0.4, -0.2) is 67.7 Å². The van der Waals surface area contributed by atoms with Gasteiger partial charge < -0.3 is 20.3 Å². The van der Waals surface area contributed by atoms with Crippen LogP contribution in [-0.2, 0) is 9.53 Å². The second-order valence-corrected chi connectivity index (χ2v) is 6.27. The van der Waals surface area contributed by atoms with Crippen LogP contribution in [0.3, 0.4) is 0 Å². The molecule has 2 rings (SSSR count). The molecule has 2 fully saturated rings. The first-order chi connectivity index (χ1) is 9.65. The molecule has 0 spiro atoms. The quantitative estimate of drug-likeness (QED) is 0.776. The van der Waals surface area contributed by atoms with Gasteiger partial charge in [-0.1, -0.05) is 25.7 Å². The number of rotatable bonds is 4. The van der Waals surface area contributed by atoms with Gasteiger partial charge in [-0.3, -0.25) is 4.79 Å². The van der Waals surface area contributed by atoms with Crippen LogP contribution in [0.25, 0.3) is 0 Å². The fraction of sp³-hybridized carbons (Fsp3) is 0.933. The molecule has 1 aliphatic heterocycles. The van der Waals surface area contributed by atoms with E-state index < -0.39 is 0 Å². The van der Waals surface area contributed by atoms with E-state index in [-0.39, 0.29) is 18.1 Å². The number of hydrogen-bond acceptors (Lipinski definition) is 4. The van der Waals surface area contributed by atoms with Crippen molar-refractivity contribution in [3.05, 3.63) is 0 Å². The first-order valence-corrected chi connectivity index (χ1v) is 7.96. The molecular formula is C15H29N3O2. The largest absolute Gasteiger partial charge is 0.364 e. The molecule has 0 bridgehead atoms. The highest BCUT2D eigenvalue weighted by molar-refractivity contribution is 5.77. The van der Waals surface area contributed by atoms with Crippen molar-refractivity contribution in [1.82, 2.24) is 9.80 Å². The Morgan fingerprint density at radius 2 is 1.70 bits per heavy atom. The minimum absolute atomic E-state index is 0.121.